The molecule has 1 unspecified atom stereocenters. The van der Waals surface area contributed by atoms with Crippen LogP contribution in [0, 0.1) is 0 Å². The Hall–Kier alpha value is -3.97. The van der Waals surface area contributed by atoms with E-state index >= 15 is 0 Å². The number of carbonyl (C=O) groups excluding carboxylic acids is 2. The minimum atomic E-state index is -3.00. The van der Waals surface area contributed by atoms with Crippen molar-refractivity contribution in [3.63, 3.8) is 0 Å². The number of hydrogen-bond donors (Lipinski definition) is 3. The van der Waals surface area contributed by atoms with Gasteiger partial charge in [0.1, 0.15) is 33.1 Å². The smallest absolute Gasteiger partial charge is 0.324 e. The molecule has 0 saturated carbocycles. The number of benzene rings is 1. The van der Waals surface area contributed by atoms with Crippen LogP contribution in [0.2, 0.25) is 0 Å². The monoisotopic (exact) mass is 570 g/mol. The SMILES string of the molecule is CC(C)(C)c1cc(NC(=O)Nc2ccc(NC(=O)c3ccc(OC4CCN(CCS(C)(=O)=O)C4)cn3)cc2)no1. The zero-order valence-electron chi connectivity index (χ0n) is 22.9. The lowest BCUT2D eigenvalue weighted by atomic mass is 9.93. The largest absolute Gasteiger partial charge is 0.487 e. The van der Waals surface area contributed by atoms with E-state index in [1.807, 2.05) is 20.8 Å². The Morgan fingerprint density at radius 2 is 1.77 bits per heavy atom. The predicted octanol–water partition coefficient (Wildman–Crippen LogP) is 3.76. The van der Waals surface area contributed by atoms with E-state index < -0.39 is 21.8 Å². The van der Waals surface area contributed by atoms with Gasteiger partial charge in [0, 0.05) is 48.7 Å². The van der Waals surface area contributed by atoms with Crippen molar-refractivity contribution in [2.45, 2.75) is 38.7 Å². The van der Waals surface area contributed by atoms with Crippen LogP contribution in [0.25, 0.3) is 0 Å². The number of nitrogens with zero attached hydrogens (tertiary/aromatic N) is 3. The fourth-order valence-corrected chi connectivity index (χ4v) is 4.56. The second kappa shape index (κ2) is 12.0. The average molecular weight is 571 g/mol. The quantitative estimate of drug-likeness (QED) is 0.349. The van der Waals surface area contributed by atoms with Crippen molar-refractivity contribution in [2.24, 2.45) is 0 Å². The van der Waals surface area contributed by atoms with Crippen LogP contribution in [0.1, 0.15) is 43.4 Å². The summed E-state index contributed by atoms with van der Waals surface area (Å²) in [5, 5.41) is 12.0. The van der Waals surface area contributed by atoms with Gasteiger partial charge in [-0.05, 0) is 42.8 Å². The van der Waals surface area contributed by atoms with Crippen LogP contribution in [0.15, 0.2) is 53.2 Å². The third-order valence-electron chi connectivity index (χ3n) is 6.17. The molecule has 0 spiro atoms. The number of likely N-dealkylation sites (tertiary alicyclic amines) is 1. The van der Waals surface area contributed by atoms with E-state index in [-0.39, 0.29) is 23.0 Å². The normalized spacial score (nSPS) is 15.9. The van der Waals surface area contributed by atoms with E-state index in [1.54, 1.807) is 42.5 Å². The number of aromatic nitrogens is 2. The van der Waals surface area contributed by atoms with Crippen LogP contribution < -0.4 is 20.7 Å². The maximum absolute atomic E-state index is 12.6. The Labute approximate surface area is 233 Å². The first kappa shape index (κ1) is 29.0. The molecule has 0 bridgehead atoms. The average Bonchev–Trinajstić information content (AvgIpc) is 3.53. The van der Waals surface area contributed by atoms with Gasteiger partial charge in [0.2, 0.25) is 0 Å². The lowest BCUT2D eigenvalue weighted by Gasteiger charge is -2.16. The maximum Gasteiger partial charge on any atom is 0.324 e. The van der Waals surface area contributed by atoms with E-state index in [9.17, 15) is 18.0 Å². The number of ether oxygens (including phenoxy) is 1. The molecular formula is C27H34N6O6S. The molecule has 1 aliphatic rings. The molecule has 1 aliphatic heterocycles. The highest BCUT2D eigenvalue weighted by molar-refractivity contribution is 7.90. The molecule has 0 radical (unpaired) electrons. The van der Waals surface area contributed by atoms with Gasteiger partial charge in [-0.1, -0.05) is 25.9 Å². The summed E-state index contributed by atoms with van der Waals surface area (Å²) >= 11 is 0. The van der Waals surface area contributed by atoms with Gasteiger partial charge < -0.3 is 19.9 Å². The molecule has 12 nitrogen and oxygen atoms in total. The summed E-state index contributed by atoms with van der Waals surface area (Å²) in [5.74, 6) is 1.25. The number of urea groups is 1. The summed E-state index contributed by atoms with van der Waals surface area (Å²) < 4.78 is 34.0. The van der Waals surface area contributed by atoms with E-state index in [1.165, 1.54) is 12.5 Å². The second-order valence-electron chi connectivity index (χ2n) is 10.8. The van der Waals surface area contributed by atoms with Crippen molar-refractivity contribution in [2.75, 3.05) is 47.6 Å². The summed E-state index contributed by atoms with van der Waals surface area (Å²) in [5.41, 5.74) is 1.05. The minimum Gasteiger partial charge on any atom is -0.487 e. The minimum absolute atomic E-state index is 0.0628. The number of anilines is 3. The highest BCUT2D eigenvalue weighted by Crippen LogP contribution is 2.24. The number of rotatable bonds is 9. The molecule has 40 heavy (non-hydrogen) atoms. The van der Waals surface area contributed by atoms with Crippen LogP contribution in [-0.4, -0.2) is 73.1 Å². The van der Waals surface area contributed by atoms with Gasteiger partial charge in [-0.2, -0.15) is 0 Å². The zero-order valence-corrected chi connectivity index (χ0v) is 23.7. The molecule has 0 aliphatic carbocycles. The van der Waals surface area contributed by atoms with Crippen molar-refractivity contribution in [1.29, 1.82) is 0 Å². The first-order chi connectivity index (χ1) is 18.8. The Bertz CT molecular complexity index is 1430. The Kier molecular flexibility index (Phi) is 8.74. The summed E-state index contributed by atoms with van der Waals surface area (Å²) in [7, 11) is -3.00. The van der Waals surface area contributed by atoms with Gasteiger partial charge in [-0.15, -0.1) is 0 Å². The van der Waals surface area contributed by atoms with Crippen molar-refractivity contribution < 1.29 is 27.3 Å². The molecule has 214 valence electrons. The molecule has 3 aromatic rings. The van der Waals surface area contributed by atoms with Crippen molar-refractivity contribution in [3.8, 4) is 5.75 Å². The van der Waals surface area contributed by atoms with Gasteiger partial charge in [0.25, 0.3) is 5.91 Å². The summed E-state index contributed by atoms with van der Waals surface area (Å²) in [6.07, 6.45) is 3.46. The van der Waals surface area contributed by atoms with Crippen LogP contribution in [0.4, 0.5) is 22.0 Å². The molecular weight excluding hydrogens is 536 g/mol. The number of amides is 3. The number of carbonyl (C=O) groups is 2. The first-order valence-corrected chi connectivity index (χ1v) is 14.9. The van der Waals surface area contributed by atoms with Gasteiger partial charge in [0.05, 0.1) is 11.9 Å². The maximum atomic E-state index is 12.6. The Morgan fingerprint density at radius 1 is 1.07 bits per heavy atom. The highest BCUT2D eigenvalue weighted by Gasteiger charge is 2.25. The Balaban J connectivity index is 1.23. The van der Waals surface area contributed by atoms with E-state index in [0.29, 0.717) is 41.8 Å². The lowest BCUT2D eigenvalue weighted by Crippen LogP contribution is -2.29. The third-order valence-corrected chi connectivity index (χ3v) is 7.09. The van der Waals surface area contributed by atoms with Crippen LogP contribution in [0.5, 0.6) is 5.75 Å². The molecule has 2 aromatic heterocycles. The van der Waals surface area contributed by atoms with Gasteiger partial charge in [0.15, 0.2) is 5.82 Å². The second-order valence-corrected chi connectivity index (χ2v) is 13.0. The van der Waals surface area contributed by atoms with Crippen molar-refractivity contribution in [3.05, 3.63) is 60.1 Å². The predicted molar refractivity (Wildman–Crippen MR) is 152 cm³/mol. The molecule has 13 heteroatoms. The van der Waals surface area contributed by atoms with Crippen molar-refractivity contribution >= 4 is 39.0 Å². The molecule has 3 N–H and O–H groups in total. The van der Waals surface area contributed by atoms with Crippen LogP contribution in [0.3, 0.4) is 0 Å². The van der Waals surface area contributed by atoms with E-state index in [2.05, 4.69) is 31.0 Å². The first-order valence-electron chi connectivity index (χ1n) is 12.8. The number of sulfone groups is 1. The standard InChI is InChI=1S/C27H34N6O6S/c1-27(2,3)23-15-24(32-39-23)31-26(35)30-19-7-5-18(6-8-19)29-25(34)22-10-9-20(16-28-22)38-21-11-12-33(17-21)13-14-40(4,36)37/h5-10,15-16,21H,11-14,17H2,1-4H3,(H,29,34)(H2,30,31,32,35). The topological polar surface area (TPSA) is 156 Å². The molecule has 1 fully saturated rings. The molecule has 3 amide bonds. The fourth-order valence-electron chi connectivity index (χ4n) is 3.97. The van der Waals surface area contributed by atoms with Gasteiger partial charge in [-0.3, -0.25) is 15.0 Å². The summed E-state index contributed by atoms with van der Waals surface area (Å²) in [6, 6.07) is 11.1. The number of pyridine rings is 1. The molecule has 4 rings (SSSR count). The fraction of sp³-hybridized carbons (Fsp3) is 0.407. The number of hydrogen-bond acceptors (Lipinski definition) is 9. The van der Waals surface area contributed by atoms with Crippen LogP contribution >= 0.6 is 0 Å². The third kappa shape index (κ3) is 8.52. The molecule has 3 heterocycles. The molecule has 1 saturated heterocycles. The van der Waals surface area contributed by atoms with Gasteiger partial charge in [-0.25, -0.2) is 18.2 Å². The van der Waals surface area contributed by atoms with E-state index in [4.69, 9.17) is 9.26 Å². The summed E-state index contributed by atoms with van der Waals surface area (Å²) in [6.45, 7) is 7.85. The Morgan fingerprint density at radius 3 is 2.38 bits per heavy atom. The highest BCUT2D eigenvalue weighted by atomic mass is 32.2. The lowest BCUT2D eigenvalue weighted by molar-refractivity contribution is 0.102. The van der Waals surface area contributed by atoms with Crippen LogP contribution in [-0.2, 0) is 15.3 Å². The zero-order chi connectivity index (χ0) is 28.9. The van der Waals surface area contributed by atoms with E-state index in [0.717, 1.165) is 13.0 Å². The summed E-state index contributed by atoms with van der Waals surface area (Å²) in [4.78, 5) is 31.2. The van der Waals surface area contributed by atoms with Crippen molar-refractivity contribution in [1.82, 2.24) is 15.0 Å². The molecule has 1 atom stereocenters. The molecule has 1 aromatic carbocycles. The number of nitrogens with one attached hydrogen (secondary N) is 3. The van der Waals surface area contributed by atoms with Gasteiger partial charge >= 0.3 is 6.03 Å².